The number of ether oxygens (including phenoxy) is 2. The monoisotopic (exact) mass is 388 g/mol. The number of carbonyl (C=O) groups excluding carboxylic acids is 1. The molecule has 4 N–H and O–H groups in total. The molecule has 28 heavy (non-hydrogen) atoms. The molecule has 1 aliphatic carbocycles. The number of carbonyl (C=O) groups is 1. The molecule has 7 heteroatoms. The SMILES string of the molecule is CC(C)(C)OC(=O)N1CCC(N=Cc2cc(N)c(OCC3CC3)cc2N)CC1. The summed E-state index contributed by atoms with van der Waals surface area (Å²) in [6, 6.07) is 3.76. The van der Waals surface area contributed by atoms with Crippen molar-refractivity contribution in [1.82, 2.24) is 4.90 Å². The number of nitrogens with zero attached hydrogens (tertiary/aromatic N) is 2. The summed E-state index contributed by atoms with van der Waals surface area (Å²) in [5, 5.41) is 0. The number of anilines is 2. The lowest BCUT2D eigenvalue weighted by Crippen LogP contribution is -2.42. The predicted octanol–water partition coefficient (Wildman–Crippen LogP) is 3.46. The number of benzene rings is 1. The van der Waals surface area contributed by atoms with Crippen molar-refractivity contribution < 1.29 is 14.3 Å². The molecule has 0 unspecified atom stereocenters. The van der Waals surface area contributed by atoms with Crippen LogP contribution in [0.15, 0.2) is 17.1 Å². The topological polar surface area (TPSA) is 103 Å². The zero-order chi connectivity index (χ0) is 20.3. The minimum atomic E-state index is -0.474. The zero-order valence-corrected chi connectivity index (χ0v) is 17.1. The maximum atomic E-state index is 12.1. The summed E-state index contributed by atoms with van der Waals surface area (Å²) in [5.74, 6) is 1.31. The molecule has 1 aromatic carbocycles. The number of nitrogen functional groups attached to an aromatic ring is 2. The first-order valence-corrected chi connectivity index (χ1v) is 10.0. The van der Waals surface area contributed by atoms with Gasteiger partial charge in [0, 0.05) is 36.6 Å². The van der Waals surface area contributed by atoms with Gasteiger partial charge in [0.25, 0.3) is 0 Å². The van der Waals surface area contributed by atoms with Gasteiger partial charge in [-0.2, -0.15) is 0 Å². The Morgan fingerprint density at radius 2 is 1.86 bits per heavy atom. The Morgan fingerprint density at radius 3 is 2.46 bits per heavy atom. The summed E-state index contributed by atoms with van der Waals surface area (Å²) in [5.41, 5.74) is 13.8. The van der Waals surface area contributed by atoms with E-state index in [1.807, 2.05) is 26.8 Å². The highest BCUT2D eigenvalue weighted by Crippen LogP contribution is 2.32. The molecule has 7 nitrogen and oxygen atoms in total. The van der Waals surface area contributed by atoms with Crippen molar-refractivity contribution in [2.24, 2.45) is 10.9 Å². The predicted molar refractivity (Wildman–Crippen MR) is 112 cm³/mol. The second-order valence-electron chi connectivity index (χ2n) is 8.75. The molecule has 1 amide bonds. The molecule has 1 heterocycles. The van der Waals surface area contributed by atoms with E-state index in [4.69, 9.17) is 20.9 Å². The fraction of sp³-hybridized carbons (Fsp3) is 0.619. The van der Waals surface area contributed by atoms with E-state index in [0.717, 1.165) is 18.4 Å². The molecule has 1 aliphatic heterocycles. The average molecular weight is 389 g/mol. The molecule has 0 bridgehead atoms. The normalized spacial score (nSPS) is 18.5. The highest BCUT2D eigenvalue weighted by molar-refractivity contribution is 5.89. The van der Waals surface area contributed by atoms with Gasteiger partial charge in [-0.25, -0.2) is 4.79 Å². The number of hydrogen-bond donors (Lipinski definition) is 2. The Hall–Kier alpha value is -2.44. The molecule has 2 fully saturated rings. The van der Waals surface area contributed by atoms with Gasteiger partial charge in [-0.15, -0.1) is 0 Å². The van der Waals surface area contributed by atoms with E-state index < -0.39 is 5.60 Å². The highest BCUT2D eigenvalue weighted by atomic mass is 16.6. The van der Waals surface area contributed by atoms with E-state index >= 15 is 0 Å². The van der Waals surface area contributed by atoms with Crippen LogP contribution in [0, 0.1) is 5.92 Å². The van der Waals surface area contributed by atoms with E-state index in [0.29, 0.717) is 42.7 Å². The number of rotatable bonds is 5. The fourth-order valence-corrected chi connectivity index (χ4v) is 3.07. The van der Waals surface area contributed by atoms with Crippen LogP contribution in [0.3, 0.4) is 0 Å². The first-order chi connectivity index (χ1) is 13.2. The second-order valence-corrected chi connectivity index (χ2v) is 8.75. The van der Waals surface area contributed by atoms with Crippen LogP contribution in [-0.2, 0) is 4.74 Å². The fourth-order valence-electron chi connectivity index (χ4n) is 3.07. The molecular formula is C21H32N4O3. The molecule has 3 rings (SSSR count). The lowest BCUT2D eigenvalue weighted by Gasteiger charge is -2.32. The number of amides is 1. The number of aliphatic imine (C=N–C) groups is 1. The number of hydrogen-bond acceptors (Lipinski definition) is 6. The van der Waals surface area contributed by atoms with Gasteiger partial charge in [-0.05, 0) is 58.4 Å². The average Bonchev–Trinajstić information content (AvgIpc) is 3.44. The third-order valence-electron chi connectivity index (χ3n) is 4.93. The molecule has 0 aromatic heterocycles. The van der Waals surface area contributed by atoms with Gasteiger partial charge in [0.1, 0.15) is 11.4 Å². The van der Waals surface area contributed by atoms with Crippen molar-refractivity contribution in [2.75, 3.05) is 31.2 Å². The van der Waals surface area contributed by atoms with Crippen molar-refractivity contribution in [3.8, 4) is 5.75 Å². The molecule has 1 aromatic rings. The lowest BCUT2D eigenvalue weighted by atomic mass is 10.1. The Labute approximate surface area is 167 Å². The number of piperidine rings is 1. The molecule has 1 saturated heterocycles. The summed E-state index contributed by atoms with van der Waals surface area (Å²) >= 11 is 0. The number of likely N-dealkylation sites (tertiary alicyclic amines) is 1. The minimum absolute atomic E-state index is 0.158. The van der Waals surface area contributed by atoms with E-state index in [1.165, 1.54) is 12.8 Å². The largest absolute Gasteiger partial charge is 0.491 e. The highest BCUT2D eigenvalue weighted by Gasteiger charge is 2.26. The van der Waals surface area contributed by atoms with E-state index in [2.05, 4.69) is 4.99 Å². The molecule has 1 saturated carbocycles. The van der Waals surface area contributed by atoms with E-state index in [9.17, 15) is 4.79 Å². The molecule has 2 aliphatic rings. The molecule has 0 spiro atoms. The van der Waals surface area contributed by atoms with Crippen LogP contribution in [0.5, 0.6) is 5.75 Å². The van der Waals surface area contributed by atoms with Crippen LogP contribution in [0.25, 0.3) is 0 Å². The smallest absolute Gasteiger partial charge is 0.410 e. The van der Waals surface area contributed by atoms with Gasteiger partial charge in [-0.3, -0.25) is 4.99 Å². The Kier molecular flexibility index (Phi) is 6.01. The van der Waals surface area contributed by atoms with Crippen LogP contribution < -0.4 is 16.2 Å². The second kappa shape index (κ2) is 8.29. The van der Waals surface area contributed by atoms with Gasteiger partial charge in [0.15, 0.2) is 0 Å². The summed E-state index contributed by atoms with van der Waals surface area (Å²) in [7, 11) is 0. The summed E-state index contributed by atoms with van der Waals surface area (Å²) in [6.45, 7) is 7.61. The van der Waals surface area contributed by atoms with Gasteiger partial charge < -0.3 is 25.8 Å². The first-order valence-electron chi connectivity index (χ1n) is 10.0. The summed E-state index contributed by atoms with van der Waals surface area (Å²) < 4.78 is 11.2. The zero-order valence-electron chi connectivity index (χ0n) is 17.1. The Bertz CT molecular complexity index is 730. The van der Waals surface area contributed by atoms with Crippen molar-refractivity contribution in [3.05, 3.63) is 17.7 Å². The molecule has 0 radical (unpaired) electrons. The quantitative estimate of drug-likeness (QED) is 0.594. The van der Waals surface area contributed by atoms with Crippen LogP contribution in [0.4, 0.5) is 16.2 Å². The maximum Gasteiger partial charge on any atom is 0.410 e. The third-order valence-corrected chi connectivity index (χ3v) is 4.93. The van der Waals surface area contributed by atoms with Gasteiger partial charge in [-0.1, -0.05) is 0 Å². The molecule has 0 atom stereocenters. The Balaban J connectivity index is 1.53. The van der Waals surface area contributed by atoms with Crippen LogP contribution >= 0.6 is 0 Å². The van der Waals surface area contributed by atoms with Gasteiger partial charge >= 0.3 is 6.09 Å². The minimum Gasteiger partial charge on any atom is -0.491 e. The summed E-state index contributed by atoms with van der Waals surface area (Å²) in [6.07, 6.45) is 5.58. The van der Waals surface area contributed by atoms with Crippen molar-refractivity contribution in [3.63, 3.8) is 0 Å². The Morgan fingerprint density at radius 1 is 1.18 bits per heavy atom. The van der Waals surface area contributed by atoms with E-state index in [-0.39, 0.29) is 12.1 Å². The molecule has 154 valence electrons. The van der Waals surface area contributed by atoms with Gasteiger partial charge in [0.2, 0.25) is 0 Å². The standard InChI is InChI=1S/C21H32N4O3/c1-21(2,3)28-20(26)25-8-6-16(7-9-25)24-12-15-10-18(23)19(11-17(15)22)27-13-14-4-5-14/h10-12,14,16H,4-9,13,22-23H2,1-3H3. The summed E-state index contributed by atoms with van der Waals surface area (Å²) in [4.78, 5) is 18.5. The first kappa shape index (κ1) is 20.3. The van der Waals surface area contributed by atoms with E-state index in [1.54, 1.807) is 17.2 Å². The number of nitrogens with two attached hydrogens (primary N) is 2. The van der Waals surface area contributed by atoms with Gasteiger partial charge in [0.05, 0.1) is 18.3 Å². The lowest BCUT2D eigenvalue weighted by molar-refractivity contribution is 0.0207. The van der Waals surface area contributed by atoms with Crippen molar-refractivity contribution >= 4 is 23.7 Å². The maximum absolute atomic E-state index is 12.1. The third kappa shape index (κ3) is 5.78. The van der Waals surface area contributed by atoms with Crippen molar-refractivity contribution in [1.29, 1.82) is 0 Å². The van der Waals surface area contributed by atoms with Crippen LogP contribution in [-0.4, -0.2) is 48.5 Å². The van der Waals surface area contributed by atoms with Crippen LogP contribution in [0.1, 0.15) is 52.0 Å². The van der Waals surface area contributed by atoms with Crippen LogP contribution in [0.2, 0.25) is 0 Å². The van der Waals surface area contributed by atoms with Crippen molar-refractivity contribution in [2.45, 2.75) is 58.1 Å². The molecular weight excluding hydrogens is 356 g/mol.